The smallest absolute Gasteiger partial charge is 0.272 e. The molecule has 2 saturated heterocycles. The molecule has 0 spiro atoms. The van der Waals surface area contributed by atoms with Crippen LogP contribution in [0, 0.1) is 0 Å². The Kier molecular flexibility index (Phi) is 11.8. The van der Waals surface area contributed by atoms with Crippen LogP contribution in [0.25, 0.3) is 0 Å². The molecule has 7 nitrogen and oxygen atoms in total. The minimum absolute atomic E-state index is 0.0113. The SMILES string of the molecule is OCC12COC(c3ccc(Cl)c(Cc4ccc(OCC(F)F)cc4)c3)(O1)[C@H](OCc1ccccc1)[C@@H](OCc1ccccc1)[C@@H]2OCc1ccccc1. The summed E-state index contributed by atoms with van der Waals surface area (Å²) in [5.41, 5.74) is 3.87. The largest absolute Gasteiger partial charge is 0.488 e. The molecule has 0 amide bonds. The topological polar surface area (TPSA) is 75.6 Å². The van der Waals surface area contributed by atoms with Crippen LogP contribution in [0.1, 0.15) is 33.4 Å². The van der Waals surface area contributed by atoms with Crippen LogP contribution < -0.4 is 4.74 Å². The predicted octanol–water partition coefficient (Wildman–Crippen LogP) is 8.28. The second-order valence-electron chi connectivity index (χ2n) is 13.3. The maximum atomic E-state index is 12.7. The van der Waals surface area contributed by atoms with E-state index in [9.17, 15) is 13.9 Å². The number of halogens is 3. The molecule has 7 rings (SSSR count). The van der Waals surface area contributed by atoms with Crippen molar-refractivity contribution in [2.75, 3.05) is 19.8 Å². The van der Waals surface area contributed by atoms with Crippen molar-refractivity contribution in [1.82, 2.24) is 0 Å². The molecule has 10 heteroatoms. The number of ether oxygens (including phenoxy) is 6. The van der Waals surface area contributed by atoms with Gasteiger partial charge in [-0.25, -0.2) is 8.78 Å². The van der Waals surface area contributed by atoms with E-state index in [1.807, 2.05) is 115 Å². The lowest BCUT2D eigenvalue weighted by molar-refractivity contribution is -0.353. The fourth-order valence-electron chi connectivity index (χ4n) is 6.94. The highest BCUT2D eigenvalue weighted by molar-refractivity contribution is 6.31. The van der Waals surface area contributed by atoms with Crippen LogP contribution in [0.4, 0.5) is 8.78 Å². The van der Waals surface area contributed by atoms with Gasteiger partial charge in [0, 0.05) is 10.6 Å². The van der Waals surface area contributed by atoms with Crippen molar-refractivity contribution in [1.29, 1.82) is 0 Å². The third kappa shape index (κ3) is 8.47. The molecule has 1 N–H and O–H groups in total. The standard InChI is InChI=1S/C43H41ClF2O7/c44-37-21-18-35(23-34(37)22-30-16-19-36(20-17-30)48-27-38(45)46)43-41(51-26-33-14-8-3-9-15-33)39(49-24-31-10-4-1-5-11-31)40(42(28-47,53-43)29-52-43)50-25-32-12-6-2-7-13-32/h1-21,23,38-41,47H,22,24-29H2/t39-,40-,41+,42?,43?/m0/s1. The predicted molar refractivity (Wildman–Crippen MR) is 196 cm³/mol. The third-order valence-corrected chi connectivity index (χ3v) is 9.98. The molecule has 5 atom stereocenters. The van der Waals surface area contributed by atoms with Gasteiger partial charge in [0.2, 0.25) is 5.79 Å². The van der Waals surface area contributed by atoms with Crippen LogP contribution in [0.5, 0.6) is 5.75 Å². The molecule has 0 aromatic heterocycles. The van der Waals surface area contributed by atoms with E-state index in [1.54, 1.807) is 18.2 Å². The maximum absolute atomic E-state index is 12.7. The zero-order valence-electron chi connectivity index (χ0n) is 29.0. The lowest BCUT2D eigenvalue weighted by Crippen LogP contribution is -2.67. The molecule has 5 aromatic carbocycles. The molecule has 2 aliphatic rings. The number of benzene rings is 5. The van der Waals surface area contributed by atoms with Crippen molar-refractivity contribution < 1.29 is 42.3 Å². The first-order chi connectivity index (χ1) is 25.9. The number of rotatable bonds is 16. The second kappa shape index (κ2) is 16.9. The number of aliphatic hydroxyl groups is 1. The molecule has 2 heterocycles. The summed E-state index contributed by atoms with van der Waals surface area (Å²) in [7, 11) is 0. The monoisotopic (exact) mass is 742 g/mol. The van der Waals surface area contributed by atoms with E-state index in [1.165, 1.54) is 0 Å². The van der Waals surface area contributed by atoms with Crippen molar-refractivity contribution in [3.63, 3.8) is 0 Å². The van der Waals surface area contributed by atoms with Crippen LogP contribution in [-0.4, -0.2) is 55.3 Å². The Bertz CT molecular complexity index is 1900. The minimum atomic E-state index is -2.56. The zero-order chi connectivity index (χ0) is 36.7. The molecule has 2 fully saturated rings. The van der Waals surface area contributed by atoms with E-state index in [0.29, 0.717) is 22.8 Å². The summed E-state index contributed by atoms with van der Waals surface area (Å²) in [6.07, 6.45) is -4.55. The first-order valence-electron chi connectivity index (χ1n) is 17.6. The van der Waals surface area contributed by atoms with E-state index in [4.69, 9.17) is 40.0 Å². The van der Waals surface area contributed by atoms with Crippen molar-refractivity contribution in [2.24, 2.45) is 0 Å². The fourth-order valence-corrected chi connectivity index (χ4v) is 7.13. The Morgan fingerprint density at radius 1 is 0.698 bits per heavy atom. The van der Waals surface area contributed by atoms with Crippen LogP contribution in [0.2, 0.25) is 5.02 Å². The summed E-state index contributed by atoms with van der Waals surface area (Å²) < 4.78 is 64.5. The molecule has 2 unspecified atom stereocenters. The summed E-state index contributed by atoms with van der Waals surface area (Å²) in [6, 6.07) is 42.0. The van der Waals surface area contributed by atoms with Gasteiger partial charge in [0.1, 0.15) is 36.3 Å². The van der Waals surface area contributed by atoms with Crippen molar-refractivity contribution in [3.05, 3.63) is 172 Å². The van der Waals surface area contributed by atoms with Crippen molar-refractivity contribution in [2.45, 2.75) is 62.4 Å². The number of alkyl halides is 2. The lowest BCUT2D eigenvalue weighted by Gasteiger charge is -2.50. The van der Waals surface area contributed by atoms with Gasteiger partial charge in [-0.05, 0) is 58.5 Å². The Balaban J connectivity index is 1.26. The third-order valence-electron chi connectivity index (χ3n) is 9.62. The number of hydrogen-bond acceptors (Lipinski definition) is 7. The first kappa shape index (κ1) is 37.1. The summed E-state index contributed by atoms with van der Waals surface area (Å²) in [5.74, 6) is -1.16. The van der Waals surface area contributed by atoms with Crippen molar-refractivity contribution >= 4 is 11.6 Å². The summed E-state index contributed by atoms with van der Waals surface area (Å²) >= 11 is 6.80. The Morgan fingerprint density at radius 3 is 1.83 bits per heavy atom. The number of hydrogen-bond donors (Lipinski definition) is 1. The fraction of sp³-hybridized carbons (Fsp3) is 0.302. The molecule has 0 saturated carbocycles. The number of aliphatic hydroxyl groups excluding tert-OH is 1. The summed E-state index contributed by atoms with van der Waals surface area (Å²) in [5, 5.41) is 11.6. The van der Waals surface area contributed by atoms with Crippen LogP contribution in [0.3, 0.4) is 0 Å². The molecule has 53 heavy (non-hydrogen) atoms. The van der Waals surface area contributed by atoms with Gasteiger partial charge in [0.25, 0.3) is 6.43 Å². The van der Waals surface area contributed by atoms with Gasteiger partial charge in [-0.2, -0.15) is 0 Å². The van der Waals surface area contributed by atoms with Gasteiger partial charge in [-0.3, -0.25) is 0 Å². The average Bonchev–Trinajstić information content (AvgIpc) is 3.55. The Hall–Kier alpha value is -4.19. The molecule has 0 aliphatic carbocycles. The molecule has 276 valence electrons. The molecule has 2 aliphatic heterocycles. The van der Waals surface area contributed by atoms with Gasteiger partial charge >= 0.3 is 0 Å². The van der Waals surface area contributed by atoms with E-state index >= 15 is 0 Å². The highest BCUT2D eigenvalue weighted by Gasteiger charge is 2.69. The lowest BCUT2D eigenvalue weighted by atomic mass is 9.83. The van der Waals surface area contributed by atoms with E-state index < -0.39 is 49.3 Å². The Labute approximate surface area is 313 Å². The first-order valence-corrected chi connectivity index (χ1v) is 18.0. The minimum Gasteiger partial charge on any atom is -0.488 e. The summed E-state index contributed by atoms with van der Waals surface area (Å²) in [6.45, 7) is -0.336. The van der Waals surface area contributed by atoms with Gasteiger partial charge < -0.3 is 33.5 Å². The summed E-state index contributed by atoms with van der Waals surface area (Å²) in [4.78, 5) is 0. The van der Waals surface area contributed by atoms with Gasteiger partial charge in [0.15, 0.2) is 0 Å². The highest BCUT2D eigenvalue weighted by Crippen LogP contribution is 2.53. The Morgan fingerprint density at radius 2 is 1.26 bits per heavy atom. The molecule has 0 radical (unpaired) electrons. The zero-order valence-corrected chi connectivity index (χ0v) is 29.7. The molecule has 5 aromatic rings. The quantitative estimate of drug-likeness (QED) is 0.109. The van der Waals surface area contributed by atoms with Crippen LogP contribution in [-0.2, 0) is 55.7 Å². The average molecular weight is 743 g/mol. The normalized spacial score (nSPS) is 23.7. The van der Waals surface area contributed by atoms with Crippen LogP contribution in [0.15, 0.2) is 133 Å². The molecule has 2 bridgehead atoms. The van der Waals surface area contributed by atoms with Crippen LogP contribution >= 0.6 is 11.6 Å². The van der Waals surface area contributed by atoms with E-state index in [-0.39, 0.29) is 26.4 Å². The second-order valence-corrected chi connectivity index (χ2v) is 13.7. The molecular formula is C43H41ClF2O7. The van der Waals surface area contributed by atoms with E-state index in [0.717, 1.165) is 27.8 Å². The van der Waals surface area contributed by atoms with E-state index in [2.05, 4.69) is 0 Å². The molecular weight excluding hydrogens is 702 g/mol. The van der Waals surface area contributed by atoms with Crippen molar-refractivity contribution in [3.8, 4) is 5.75 Å². The van der Waals surface area contributed by atoms with Gasteiger partial charge in [0.05, 0.1) is 33.0 Å². The number of fused-ring (bicyclic) bond motifs is 2. The van der Waals surface area contributed by atoms with Gasteiger partial charge in [-0.15, -0.1) is 0 Å². The van der Waals surface area contributed by atoms with Gasteiger partial charge in [-0.1, -0.05) is 121 Å². The highest BCUT2D eigenvalue weighted by atomic mass is 35.5. The maximum Gasteiger partial charge on any atom is 0.272 e.